The maximum absolute atomic E-state index is 5.95. The number of unbranched alkanes of at least 4 members (excludes halogenated alkanes) is 6. The molecule has 0 saturated carbocycles. The molecule has 0 aliphatic rings. The van der Waals surface area contributed by atoms with E-state index >= 15 is 0 Å². The standard InChI is InChI=1S/C29H42N2O3Si/c1-4-32-35(33-5-2,34-6-3)21-15-11-9-7-8-10-12-16-25-19-20-30-28(22-25)29-23-26-17-13-14-18-27(26)24-31-29/h13-14,17-20,22-24H,4-12,15-16,21H2,1-3H3. The Balaban J connectivity index is 1.35. The second-order valence-corrected chi connectivity index (χ2v) is 11.7. The summed E-state index contributed by atoms with van der Waals surface area (Å²) in [7, 11) is -2.47. The molecule has 0 atom stereocenters. The maximum atomic E-state index is 5.95. The van der Waals surface area contributed by atoms with Crippen molar-refractivity contribution in [3.63, 3.8) is 0 Å². The lowest BCUT2D eigenvalue weighted by Gasteiger charge is -2.28. The molecule has 35 heavy (non-hydrogen) atoms. The van der Waals surface area contributed by atoms with Gasteiger partial charge >= 0.3 is 8.80 Å². The van der Waals surface area contributed by atoms with Crippen LogP contribution in [0.2, 0.25) is 6.04 Å². The van der Waals surface area contributed by atoms with Crippen LogP contribution in [0.4, 0.5) is 0 Å². The molecule has 0 fully saturated rings. The van der Waals surface area contributed by atoms with E-state index in [1.807, 2.05) is 39.2 Å². The molecule has 0 spiro atoms. The average molecular weight is 495 g/mol. The van der Waals surface area contributed by atoms with Crippen LogP contribution in [0.15, 0.2) is 54.9 Å². The van der Waals surface area contributed by atoms with Gasteiger partial charge in [-0.2, -0.15) is 0 Å². The lowest BCUT2D eigenvalue weighted by molar-refractivity contribution is 0.0706. The van der Waals surface area contributed by atoms with Gasteiger partial charge in [0.2, 0.25) is 0 Å². The lowest BCUT2D eigenvalue weighted by atomic mass is 10.0. The maximum Gasteiger partial charge on any atom is 0.500 e. The molecule has 5 nitrogen and oxygen atoms in total. The summed E-state index contributed by atoms with van der Waals surface area (Å²) < 4.78 is 17.9. The van der Waals surface area contributed by atoms with Crippen LogP contribution < -0.4 is 0 Å². The minimum absolute atomic E-state index is 0.657. The molecule has 0 saturated heterocycles. The highest BCUT2D eigenvalue weighted by Gasteiger charge is 2.39. The summed E-state index contributed by atoms with van der Waals surface area (Å²) in [6.07, 6.45) is 13.6. The predicted octanol–water partition coefficient (Wildman–Crippen LogP) is 7.62. The fraction of sp³-hybridized carbons (Fsp3) is 0.517. The summed E-state index contributed by atoms with van der Waals surface area (Å²) in [5.41, 5.74) is 3.24. The van der Waals surface area contributed by atoms with Gasteiger partial charge in [-0.25, -0.2) is 0 Å². The number of fused-ring (bicyclic) bond motifs is 1. The molecule has 3 aromatic rings. The van der Waals surface area contributed by atoms with Crippen molar-refractivity contribution < 1.29 is 13.3 Å². The number of hydrogen-bond acceptors (Lipinski definition) is 5. The number of aromatic nitrogens is 2. The summed E-state index contributed by atoms with van der Waals surface area (Å²) in [6, 6.07) is 15.7. The Labute approximate surface area is 212 Å². The van der Waals surface area contributed by atoms with Crippen LogP contribution in [0.25, 0.3) is 22.2 Å². The van der Waals surface area contributed by atoms with Crippen LogP contribution in [0.5, 0.6) is 0 Å². The molecule has 0 N–H and O–H groups in total. The van der Waals surface area contributed by atoms with Crippen LogP contribution in [-0.2, 0) is 19.7 Å². The largest absolute Gasteiger partial charge is 0.500 e. The van der Waals surface area contributed by atoms with E-state index < -0.39 is 8.80 Å². The van der Waals surface area contributed by atoms with Crippen molar-refractivity contribution in [1.82, 2.24) is 9.97 Å². The molecule has 0 amide bonds. The van der Waals surface area contributed by atoms with E-state index in [4.69, 9.17) is 13.3 Å². The van der Waals surface area contributed by atoms with Crippen LogP contribution in [0.1, 0.15) is 71.3 Å². The third-order valence-electron chi connectivity index (χ3n) is 6.26. The van der Waals surface area contributed by atoms with E-state index in [-0.39, 0.29) is 0 Å². The smallest absolute Gasteiger partial charge is 0.374 e. The number of aryl methyl sites for hydroxylation is 1. The van der Waals surface area contributed by atoms with Gasteiger partial charge in [0, 0.05) is 43.6 Å². The third-order valence-corrected chi connectivity index (χ3v) is 9.41. The molecule has 2 aromatic heterocycles. The third kappa shape index (κ3) is 8.80. The number of nitrogens with zero attached hydrogens (tertiary/aromatic N) is 2. The van der Waals surface area contributed by atoms with E-state index in [2.05, 4.69) is 46.4 Å². The Morgan fingerprint density at radius 2 is 1.26 bits per heavy atom. The monoisotopic (exact) mass is 494 g/mol. The Morgan fingerprint density at radius 3 is 1.94 bits per heavy atom. The van der Waals surface area contributed by atoms with Crippen molar-refractivity contribution in [2.75, 3.05) is 19.8 Å². The highest BCUT2D eigenvalue weighted by molar-refractivity contribution is 6.60. The summed E-state index contributed by atoms with van der Waals surface area (Å²) in [6.45, 7) is 8.03. The van der Waals surface area contributed by atoms with Crippen molar-refractivity contribution in [2.24, 2.45) is 0 Å². The van der Waals surface area contributed by atoms with E-state index in [0.717, 1.165) is 35.7 Å². The van der Waals surface area contributed by atoms with Crippen LogP contribution in [-0.4, -0.2) is 38.6 Å². The van der Waals surface area contributed by atoms with Crippen LogP contribution >= 0.6 is 0 Å². The first kappa shape index (κ1) is 27.5. The quantitative estimate of drug-likeness (QED) is 0.143. The molecule has 1 aromatic carbocycles. The summed E-state index contributed by atoms with van der Waals surface area (Å²) >= 11 is 0. The fourth-order valence-corrected chi connectivity index (χ4v) is 7.23. The number of rotatable bonds is 17. The molecular formula is C29H42N2O3Si. The van der Waals surface area contributed by atoms with Gasteiger partial charge in [0.25, 0.3) is 0 Å². The molecule has 0 aliphatic carbocycles. The highest BCUT2D eigenvalue weighted by Crippen LogP contribution is 2.23. The Morgan fingerprint density at radius 1 is 0.657 bits per heavy atom. The SMILES string of the molecule is CCO[Si](CCCCCCCCCc1ccnc(-c2cc3ccccc3cn2)c1)(OCC)OCC. The molecule has 0 unspecified atom stereocenters. The van der Waals surface area contributed by atoms with Gasteiger partial charge in [0.05, 0.1) is 11.4 Å². The second-order valence-electron chi connectivity index (χ2n) is 8.92. The van der Waals surface area contributed by atoms with E-state index in [1.165, 1.54) is 49.5 Å². The zero-order valence-electron chi connectivity index (χ0n) is 21.8. The number of hydrogen-bond donors (Lipinski definition) is 0. The summed E-state index contributed by atoms with van der Waals surface area (Å²) in [4.78, 5) is 9.19. The predicted molar refractivity (Wildman–Crippen MR) is 146 cm³/mol. The molecule has 2 heterocycles. The fourth-order valence-electron chi connectivity index (χ4n) is 4.55. The Bertz CT molecular complexity index is 997. The molecule has 190 valence electrons. The summed E-state index contributed by atoms with van der Waals surface area (Å²) in [5, 5.41) is 2.36. The molecule has 0 bridgehead atoms. The van der Waals surface area contributed by atoms with Gasteiger partial charge in [0.1, 0.15) is 0 Å². The van der Waals surface area contributed by atoms with Gasteiger partial charge in [-0.3, -0.25) is 9.97 Å². The molecule has 0 radical (unpaired) electrons. The van der Waals surface area contributed by atoms with Gasteiger partial charge in [-0.15, -0.1) is 0 Å². The van der Waals surface area contributed by atoms with Crippen molar-refractivity contribution >= 4 is 19.6 Å². The average Bonchev–Trinajstić information content (AvgIpc) is 2.88. The van der Waals surface area contributed by atoms with Crippen LogP contribution in [0, 0.1) is 0 Å². The van der Waals surface area contributed by atoms with E-state index in [1.54, 1.807) is 0 Å². The molecular weight excluding hydrogens is 452 g/mol. The first-order valence-electron chi connectivity index (χ1n) is 13.4. The second kappa shape index (κ2) is 15.1. The van der Waals surface area contributed by atoms with Crippen molar-refractivity contribution in [1.29, 1.82) is 0 Å². The normalized spacial score (nSPS) is 11.9. The van der Waals surface area contributed by atoms with E-state index in [0.29, 0.717) is 19.8 Å². The van der Waals surface area contributed by atoms with Gasteiger partial charge < -0.3 is 13.3 Å². The molecule has 0 aliphatic heterocycles. The lowest BCUT2D eigenvalue weighted by Crippen LogP contribution is -2.45. The first-order chi connectivity index (χ1) is 17.2. The van der Waals surface area contributed by atoms with Crippen molar-refractivity contribution in [3.05, 3.63) is 60.4 Å². The van der Waals surface area contributed by atoms with E-state index in [9.17, 15) is 0 Å². The highest BCUT2D eigenvalue weighted by atomic mass is 28.4. The van der Waals surface area contributed by atoms with Crippen molar-refractivity contribution in [2.45, 2.75) is 78.2 Å². The van der Waals surface area contributed by atoms with Gasteiger partial charge in [-0.05, 0) is 69.2 Å². The van der Waals surface area contributed by atoms with Crippen LogP contribution in [0.3, 0.4) is 0 Å². The van der Waals surface area contributed by atoms with Gasteiger partial charge in [-0.1, -0.05) is 56.4 Å². The van der Waals surface area contributed by atoms with Gasteiger partial charge in [0.15, 0.2) is 0 Å². The number of pyridine rings is 2. The Hall–Kier alpha value is -2.12. The Kier molecular flexibility index (Phi) is 11.8. The minimum atomic E-state index is -2.47. The topological polar surface area (TPSA) is 53.5 Å². The first-order valence-corrected chi connectivity index (χ1v) is 15.3. The van der Waals surface area contributed by atoms with Crippen molar-refractivity contribution in [3.8, 4) is 11.4 Å². The molecule has 3 rings (SSSR count). The molecule has 6 heteroatoms. The summed E-state index contributed by atoms with van der Waals surface area (Å²) in [5.74, 6) is 0. The zero-order chi connectivity index (χ0) is 24.8. The zero-order valence-corrected chi connectivity index (χ0v) is 22.8. The number of benzene rings is 1. The minimum Gasteiger partial charge on any atom is -0.374 e.